The molecular weight excluding hydrogens is 314 g/mol. The zero-order valence-electron chi connectivity index (χ0n) is 15.3. The van der Waals surface area contributed by atoms with Gasteiger partial charge in [0.25, 0.3) is 5.91 Å². The summed E-state index contributed by atoms with van der Waals surface area (Å²) in [6.07, 6.45) is 3.73. The first-order valence-corrected chi connectivity index (χ1v) is 9.04. The van der Waals surface area contributed by atoms with Gasteiger partial charge in [-0.05, 0) is 56.8 Å². The van der Waals surface area contributed by atoms with Gasteiger partial charge in [0.1, 0.15) is 5.76 Å². The molecule has 1 unspecified atom stereocenters. The zero-order valence-corrected chi connectivity index (χ0v) is 15.3. The predicted octanol–water partition coefficient (Wildman–Crippen LogP) is 3.49. The maximum absolute atomic E-state index is 12.4. The molecule has 1 aliphatic heterocycles. The van der Waals surface area contributed by atoms with Gasteiger partial charge in [0.2, 0.25) is 0 Å². The minimum Gasteiger partial charge on any atom is -0.448 e. The number of nitrogens with one attached hydrogen (secondary N) is 1. The quantitative estimate of drug-likeness (QED) is 0.904. The number of carbonyl (C=O) groups excluding carboxylic acids is 1. The third-order valence-electron chi connectivity index (χ3n) is 5.22. The second-order valence-electron chi connectivity index (χ2n) is 7.06. The molecule has 1 aromatic heterocycles. The Balaban J connectivity index is 1.76. The lowest BCUT2D eigenvalue weighted by atomic mass is 9.94. The molecule has 5 nitrogen and oxygen atoms in total. The van der Waals surface area contributed by atoms with Crippen LogP contribution in [0.25, 0.3) is 0 Å². The van der Waals surface area contributed by atoms with Gasteiger partial charge in [0, 0.05) is 6.54 Å². The fourth-order valence-electron chi connectivity index (χ4n) is 3.53. The Kier molecular flexibility index (Phi) is 5.53. The summed E-state index contributed by atoms with van der Waals surface area (Å²) in [5, 5.41) is 3.06. The van der Waals surface area contributed by atoms with E-state index in [0.717, 1.165) is 19.0 Å². The molecule has 1 N–H and O–H groups in total. The van der Waals surface area contributed by atoms with Crippen LogP contribution in [0.5, 0.6) is 0 Å². The van der Waals surface area contributed by atoms with Gasteiger partial charge >= 0.3 is 0 Å². The van der Waals surface area contributed by atoms with Crippen LogP contribution in [0.2, 0.25) is 0 Å². The van der Waals surface area contributed by atoms with E-state index in [4.69, 9.17) is 4.42 Å². The van der Waals surface area contributed by atoms with Gasteiger partial charge < -0.3 is 9.73 Å². The summed E-state index contributed by atoms with van der Waals surface area (Å²) in [6, 6.07) is 8.63. The Hall–Kier alpha value is -2.14. The van der Waals surface area contributed by atoms with Crippen LogP contribution >= 0.6 is 0 Å². The van der Waals surface area contributed by atoms with E-state index in [-0.39, 0.29) is 11.9 Å². The summed E-state index contributed by atoms with van der Waals surface area (Å²) in [5.41, 5.74) is 2.92. The number of rotatable bonds is 5. The molecule has 1 saturated heterocycles. The van der Waals surface area contributed by atoms with Gasteiger partial charge in [-0.25, -0.2) is 4.98 Å². The SMILES string of the molecule is Cc1ccccc1C(CNC(=O)c1ncoc1C)N1CCC(C)CC1. The number of amides is 1. The molecule has 0 spiro atoms. The largest absolute Gasteiger partial charge is 0.448 e. The first-order valence-electron chi connectivity index (χ1n) is 9.04. The number of piperidine rings is 1. The van der Waals surface area contributed by atoms with Crippen LogP contribution in [0.4, 0.5) is 0 Å². The number of nitrogens with zero attached hydrogens (tertiary/aromatic N) is 2. The predicted molar refractivity (Wildman–Crippen MR) is 97.5 cm³/mol. The molecule has 1 aromatic carbocycles. The van der Waals surface area contributed by atoms with E-state index in [9.17, 15) is 4.79 Å². The van der Waals surface area contributed by atoms with Gasteiger partial charge in [-0.15, -0.1) is 0 Å². The molecule has 0 saturated carbocycles. The Morgan fingerprint density at radius 3 is 2.68 bits per heavy atom. The number of carbonyl (C=O) groups is 1. The molecule has 1 atom stereocenters. The van der Waals surface area contributed by atoms with E-state index in [1.807, 2.05) is 0 Å². The molecule has 0 radical (unpaired) electrons. The van der Waals surface area contributed by atoms with Gasteiger partial charge in [-0.2, -0.15) is 0 Å². The molecule has 2 heterocycles. The van der Waals surface area contributed by atoms with Crippen molar-refractivity contribution in [2.45, 2.75) is 39.7 Å². The molecule has 1 fully saturated rings. The Labute approximate surface area is 149 Å². The van der Waals surface area contributed by atoms with E-state index in [0.29, 0.717) is 18.0 Å². The molecule has 3 rings (SSSR count). The summed E-state index contributed by atoms with van der Waals surface area (Å²) >= 11 is 0. The Morgan fingerprint density at radius 1 is 1.32 bits per heavy atom. The third-order valence-corrected chi connectivity index (χ3v) is 5.22. The van der Waals surface area contributed by atoms with E-state index in [1.165, 1.54) is 30.4 Å². The fraction of sp³-hybridized carbons (Fsp3) is 0.500. The summed E-state index contributed by atoms with van der Waals surface area (Å²) in [7, 11) is 0. The number of benzene rings is 1. The minimum absolute atomic E-state index is 0.171. The van der Waals surface area contributed by atoms with E-state index >= 15 is 0 Å². The average molecular weight is 341 g/mol. The number of aryl methyl sites for hydroxylation is 2. The minimum atomic E-state index is -0.171. The summed E-state index contributed by atoms with van der Waals surface area (Å²) in [5.74, 6) is 1.16. The van der Waals surface area contributed by atoms with Gasteiger partial charge in [-0.1, -0.05) is 31.2 Å². The van der Waals surface area contributed by atoms with E-state index in [1.54, 1.807) is 6.92 Å². The van der Waals surface area contributed by atoms with Crippen LogP contribution in [0.3, 0.4) is 0 Å². The first kappa shape index (κ1) is 17.7. The summed E-state index contributed by atoms with van der Waals surface area (Å²) in [4.78, 5) is 18.9. The second kappa shape index (κ2) is 7.83. The number of aromatic nitrogens is 1. The number of likely N-dealkylation sites (tertiary alicyclic amines) is 1. The highest BCUT2D eigenvalue weighted by Gasteiger charge is 2.26. The summed E-state index contributed by atoms with van der Waals surface area (Å²) in [6.45, 7) is 8.92. The van der Waals surface area contributed by atoms with Crippen molar-refractivity contribution < 1.29 is 9.21 Å². The van der Waals surface area contributed by atoms with Crippen molar-refractivity contribution >= 4 is 5.91 Å². The Bertz CT molecular complexity index is 717. The van der Waals surface area contributed by atoms with Crippen LogP contribution < -0.4 is 5.32 Å². The topological polar surface area (TPSA) is 58.4 Å². The molecular formula is C20H27N3O2. The molecule has 0 bridgehead atoms. The lowest BCUT2D eigenvalue weighted by molar-refractivity contribution is 0.0907. The van der Waals surface area contributed by atoms with Crippen LogP contribution in [0, 0.1) is 19.8 Å². The maximum Gasteiger partial charge on any atom is 0.273 e. The maximum atomic E-state index is 12.4. The molecule has 1 aliphatic rings. The number of hydrogen-bond acceptors (Lipinski definition) is 4. The van der Waals surface area contributed by atoms with Crippen molar-refractivity contribution in [2.75, 3.05) is 19.6 Å². The number of oxazole rings is 1. The van der Waals surface area contributed by atoms with Crippen molar-refractivity contribution in [1.82, 2.24) is 15.2 Å². The zero-order chi connectivity index (χ0) is 17.8. The van der Waals surface area contributed by atoms with Crippen LogP contribution in [0.15, 0.2) is 35.1 Å². The highest BCUT2D eigenvalue weighted by atomic mass is 16.3. The van der Waals surface area contributed by atoms with Crippen LogP contribution in [0.1, 0.15) is 53.2 Å². The molecule has 134 valence electrons. The van der Waals surface area contributed by atoms with Gasteiger partial charge in [-0.3, -0.25) is 9.69 Å². The molecule has 25 heavy (non-hydrogen) atoms. The van der Waals surface area contributed by atoms with Crippen molar-refractivity contribution in [3.8, 4) is 0 Å². The number of hydrogen-bond donors (Lipinski definition) is 1. The van der Waals surface area contributed by atoms with E-state index < -0.39 is 0 Å². The normalized spacial score (nSPS) is 17.4. The fourth-order valence-corrected chi connectivity index (χ4v) is 3.53. The first-order chi connectivity index (χ1) is 12.1. The van der Waals surface area contributed by atoms with Gasteiger partial charge in [0.05, 0.1) is 6.04 Å². The molecule has 2 aromatic rings. The highest BCUT2D eigenvalue weighted by molar-refractivity contribution is 5.93. The lowest BCUT2D eigenvalue weighted by Crippen LogP contribution is -2.42. The molecule has 1 amide bonds. The third kappa shape index (κ3) is 4.10. The van der Waals surface area contributed by atoms with Crippen molar-refractivity contribution in [1.29, 1.82) is 0 Å². The van der Waals surface area contributed by atoms with E-state index in [2.05, 4.69) is 53.3 Å². The standard InChI is InChI=1S/C20H27N3O2/c1-14-8-10-23(11-9-14)18(17-7-5-4-6-15(17)2)12-21-20(24)19-16(3)25-13-22-19/h4-7,13-14,18H,8-12H2,1-3H3,(H,21,24). The Morgan fingerprint density at radius 2 is 2.04 bits per heavy atom. The monoisotopic (exact) mass is 341 g/mol. The molecule has 5 heteroatoms. The van der Waals surface area contributed by atoms with Crippen molar-refractivity contribution in [3.05, 3.63) is 53.2 Å². The second-order valence-corrected chi connectivity index (χ2v) is 7.06. The molecule has 0 aliphatic carbocycles. The lowest BCUT2D eigenvalue weighted by Gasteiger charge is -2.37. The average Bonchev–Trinajstić information content (AvgIpc) is 3.04. The van der Waals surface area contributed by atoms with Crippen molar-refractivity contribution in [2.24, 2.45) is 5.92 Å². The van der Waals surface area contributed by atoms with Crippen LogP contribution in [-0.4, -0.2) is 35.4 Å². The van der Waals surface area contributed by atoms with Crippen molar-refractivity contribution in [3.63, 3.8) is 0 Å². The van der Waals surface area contributed by atoms with Crippen LogP contribution in [-0.2, 0) is 0 Å². The summed E-state index contributed by atoms with van der Waals surface area (Å²) < 4.78 is 5.14. The van der Waals surface area contributed by atoms with Gasteiger partial charge in [0.15, 0.2) is 12.1 Å². The smallest absolute Gasteiger partial charge is 0.273 e. The highest BCUT2D eigenvalue weighted by Crippen LogP contribution is 2.28.